The van der Waals surface area contributed by atoms with Gasteiger partial charge in [0.15, 0.2) is 5.69 Å². The number of benzene rings is 2. The molecule has 0 bridgehead atoms. The SMILES string of the molecule is COc1ccc(C=Cc2nn3c(=O)c(-c4ccccc4)nnc3s2)cc1. The van der Waals surface area contributed by atoms with E-state index < -0.39 is 0 Å². The summed E-state index contributed by atoms with van der Waals surface area (Å²) in [6.07, 6.45) is 3.77. The van der Waals surface area contributed by atoms with Crippen molar-refractivity contribution in [3.05, 3.63) is 75.5 Å². The number of fused-ring (bicyclic) bond motifs is 1. The highest BCUT2D eigenvalue weighted by molar-refractivity contribution is 7.17. The van der Waals surface area contributed by atoms with Crippen LogP contribution in [0.25, 0.3) is 28.4 Å². The monoisotopic (exact) mass is 362 g/mol. The smallest absolute Gasteiger partial charge is 0.302 e. The minimum atomic E-state index is -0.276. The average Bonchev–Trinajstić information content (AvgIpc) is 3.12. The highest BCUT2D eigenvalue weighted by atomic mass is 32.1. The van der Waals surface area contributed by atoms with Crippen molar-refractivity contribution < 1.29 is 4.74 Å². The van der Waals surface area contributed by atoms with Gasteiger partial charge in [0.1, 0.15) is 10.8 Å². The van der Waals surface area contributed by atoms with Crippen molar-refractivity contribution >= 4 is 28.4 Å². The predicted octanol–water partition coefficient (Wildman–Crippen LogP) is 3.39. The second-order valence-corrected chi connectivity index (χ2v) is 6.45. The Morgan fingerprint density at radius 1 is 1.00 bits per heavy atom. The van der Waals surface area contributed by atoms with E-state index in [9.17, 15) is 4.79 Å². The van der Waals surface area contributed by atoms with Gasteiger partial charge in [0, 0.05) is 5.56 Å². The van der Waals surface area contributed by atoms with Crippen molar-refractivity contribution in [2.45, 2.75) is 0 Å². The van der Waals surface area contributed by atoms with Gasteiger partial charge < -0.3 is 4.74 Å². The summed E-state index contributed by atoms with van der Waals surface area (Å²) in [6.45, 7) is 0. The quantitative estimate of drug-likeness (QED) is 0.557. The Morgan fingerprint density at radius 2 is 1.77 bits per heavy atom. The number of rotatable bonds is 4. The van der Waals surface area contributed by atoms with Gasteiger partial charge in [-0.15, -0.1) is 10.2 Å². The first-order valence-electron chi connectivity index (χ1n) is 7.89. The molecule has 2 heterocycles. The molecule has 4 aromatic rings. The third kappa shape index (κ3) is 3.12. The molecule has 0 saturated carbocycles. The van der Waals surface area contributed by atoms with Crippen molar-refractivity contribution in [3.8, 4) is 17.0 Å². The Labute approximate surface area is 153 Å². The second kappa shape index (κ2) is 6.89. The third-order valence-corrected chi connectivity index (χ3v) is 4.65. The van der Waals surface area contributed by atoms with Crippen molar-refractivity contribution in [1.82, 2.24) is 19.8 Å². The minimum Gasteiger partial charge on any atom is -0.497 e. The molecule has 128 valence electrons. The standard InChI is InChI=1S/C19H14N4O2S/c1-25-15-10-7-13(8-11-15)9-12-16-22-23-18(24)17(20-21-19(23)26-16)14-5-3-2-4-6-14/h2-12H,1H3. The number of hydrogen-bond acceptors (Lipinski definition) is 6. The molecule has 4 rings (SSSR count). The van der Waals surface area contributed by atoms with Gasteiger partial charge in [-0.2, -0.15) is 9.61 Å². The number of methoxy groups -OCH3 is 1. The number of nitrogens with zero attached hydrogens (tertiary/aromatic N) is 4. The topological polar surface area (TPSA) is 69.4 Å². The van der Waals surface area contributed by atoms with Gasteiger partial charge in [-0.25, -0.2) is 0 Å². The molecule has 26 heavy (non-hydrogen) atoms. The van der Waals surface area contributed by atoms with E-state index >= 15 is 0 Å². The zero-order valence-electron chi connectivity index (χ0n) is 13.9. The summed E-state index contributed by atoms with van der Waals surface area (Å²) < 4.78 is 6.44. The maximum Gasteiger partial charge on any atom is 0.302 e. The zero-order chi connectivity index (χ0) is 17.9. The van der Waals surface area contributed by atoms with Crippen LogP contribution in [0.2, 0.25) is 0 Å². The average molecular weight is 362 g/mol. The molecule has 0 N–H and O–H groups in total. The van der Waals surface area contributed by atoms with E-state index in [1.54, 1.807) is 7.11 Å². The van der Waals surface area contributed by atoms with E-state index in [0.717, 1.165) is 16.9 Å². The van der Waals surface area contributed by atoms with E-state index in [-0.39, 0.29) is 5.56 Å². The van der Waals surface area contributed by atoms with Crippen molar-refractivity contribution in [2.75, 3.05) is 7.11 Å². The van der Waals surface area contributed by atoms with Gasteiger partial charge in [0.25, 0.3) is 0 Å². The maximum atomic E-state index is 12.7. The summed E-state index contributed by atoms with van der Waals surface area (Å²) >= 11 is 1.31. The van der Waals surface area contributed by atoms with Crippen LogP contribution < -0.4 is 10.3 Å². The molecule has 2 aromatic heterocycles. The lowest BCUT2D eigenvalue weighted by molar-refractivity contribution is 0.415. The first kappa shape index (κ1) is 16.2. The van der Waals surface area contributed by atoms with Gasteiger partial charge >= 0.3 is 5.56 Å². The lowest BCUT2D eigenvalue weighted by atomic mass is 10.2. The molecule has 7 heteroatoms. The van der Waals surface area contributed by atoms with E-state index in [4.69, 9.17) is 4.74 Å². The van der Waals surface area contributed by atoms with E-state index in [1.165, 1.54) is 15.9 Å². The van der Waals surface area contributed by atoms with Crippen LogP contribution in [0.1, 0.15) is 10.6 Å². The van der Waals surface area contributed by atoms with Gasteiger partial charge in [0.2, 0.25) is 4.96 Å². The molecule has 0 spiro atoms. The van der Waals surface area contributed by atoms with Crippen LogP contribution in [0, 0.1) is 0 Å². The fraction of sp³-hybridized carbons (Fsp3) is 0.0526. The summed E-state index contributed by atoms with van der Waals surface area (Å²) in [7, 11) is 1.63. The van der Waals surface area contributed by atoms with Gasteiger partial charge in [-0.05, 0) is 23.8 Å². The van der Waals surface area contributed by atoms with Crippen molar-refractivity contribution in [1.29, 1.82) is 0 Å². The number of aromatic nitrogens is 4. The van der Waals surface area contributed by atoms with E-state index in [2.05, 4.69) is 15.3 Å². The van der Waals surface area contributed by atoms with Crippen LogP contribution in [0.4, 0.5) is 0 Å². The molecule has 0 unspecified atom stereocenters. The number of ether oxygens (including phenoxy) is 1. The highest BCUT2D eigenvalue weighted by Crippen LogP contribution is 2.18. The molecule has 0 aliphatic heterocycles. The van der Waals surface area contributed by atoms with Crippen molar-refractivity contribution in [3.63, 3.8) is 0 Å². The zero-order valence-corrected chi connectivity index (χ0v) is 14.7. The van der Waals surface area contributed by atoms with Gasteiger partial charge in [0.05, 0.1) is 7.11 Å². The van der Waals surface area contributed by atoms with E-state index in [0.29, 0.717) is 15.7 Å². The second-order valence-electron chi connectivity index (χ2n) is 5.46. The minimum absolute atomic E-state index is 0.276. The first-order valence-corrected chi connectivity index (χ1v) is 8.70. The fourth-order valence-electron chi connectivity index (χ4n) is 2.46. The lowest BCUT2D eigenvalue weighted by Crippen LogP contribution is -2.19. The molecule has 0 saturated heterocycles. The molecular weight excluding hydrogens is 348 g/mol. The van der Waals surface area contributed by atoms with Crippen LogP contribution in [-0.2, 0) is 0 Å². The Kier molecular flexibility index (Phi) is 4.28. The fourth-order valence-corrected chi connectivity index (χ4v) is 3.19. The molecule has 0 atom stereocenters. The number of hydrogen-bond donors (Lipinski definition) is 0. The summed E-state index contributed by atoms with van der Waals surface area (Å²) in [5, 5.41) is 13.2. The van der Waals surface area contributed by atoms with Crippen LogP contribution >= 0.6 is 11.3 Å². The first-order chi connectivity index (χ1) is 12.7. The van der Waals surface area contributed by atoms with Crippen molar-refractivity contribution in [2.24, 2.45) is 0 Å². The van der Waals surface area contributed by atoms with Gasteiger partial charge in [-0.1, -0.05) is 59.9 Å². The molecule has 0 radical (unpaired) electrons. The summed E-state index contributed by atoms with van der Waals surface area (Å²) in [5.74, 6) is 0.803. The summed E-state index contributed by atoms with van der Waals surface area (Å²) in [4.78, 5) is 13.1. The van der Waals surface area contributed by atoms with E-state index in [1.807, 2.05) is 66.7 Å². The Balaban J connectivity index is 1.68. The van der Waals surface area contributed by atoms with Crippen LogP contribution in [0.5, 0.6) is 5.75 Å². The predicted molar refractivity (Wildman–Crippen MR) is 102 cm³/mol. The summed E-state index contributed by atoms with van der Waals surface area (Å²) in [6, 6.07) is 16.9. The normalized spacial score (nSPS) is 11.3. The highest BCUT2D eigenvalue weighted by Gasteiger charge is 2.12. The maximum absolute atomic E-state index is 12.7. The molecule has 0 amide bonds. The Morgan fingerprint density at radius 3 is 2.50 bits per heavy atom. The van der Waals surface area contributed by atoms with Crippen LogP contribution in [0.15, 0.2) is 59.4 Å². The molecule has 2 aromatic carbocycles. The third-order valence-electron chi connectivity index (χ3n) is 3.79. The lowest BCUT2D eigenvalue weighted by Gasteiger charge is -1.98. The Hall–Kier alpha value is -3.32. The largest absolute Gasteiger partial charge is 0.497 e. The molecule has 0 aliphatic rings. The molecular formula is C19H14N4O2S. The molecule has 6 nitrogen and oxygen atoms in total. The van der Waals surface area contributed by atoms with Crippen LogP contribution in [-0.4, -0.2) is 26.9 Å². The van der Waals surface area contributed by atoms with Crippen LogP contribution in [0.3, 0.4) is 0 Å². The Bertz CT molecular complexity index is 1130. The molecule has 0 fully saturated rings. The molecule has 0 aliphatic carbocycles. The summed E-state index contributed by atoms with van der Waals surface area (Å²) in [5.41, 5.74) is 1.75. The van der Waals surface area contributed by atoms with Gasteiger partial charge in [-0.3, -0.25) is 4.79 Å².